The maximum atomic E-state index is 13.6. The van der Waals surface area contributed by atoms with Crippen molar-refractivity contribution in [2.75, 3.05) is 5.75 Å². The highest BCUT2D eigenvalue weighted by atomic mass is 79.9. The number of benzene rings is 1. The van der Waals surface area contributed by atoms with Gasteiger partial charge >= 0.3 is 0 Å². The molecule has 0 aliphatic carbocycles. The molecule has 0 saturated heterocycles. The molecule has 1 nitrogen and oxygen atoms in total. The molecule has 1 aliphatic rings. The first-order valence-corrected chi connectivity index (χ1v) is 6.45. The molecule has 0 fully saturated rings. The summed E-state index contributed by atoms with van der Waals surface area (Å²) in [6, 6.07) is 3.09. The topological polar surface area (TPSA) is 26.0 Å². The molecule has 1 aromatic rings. The van der Waals surface area contributed by atoms with E-state index in [-0.39, 0.29) is 11.9 Å². The zero-order valence-electron chi connectivity index (χ0n) is 7.59. The van der Waals surface area contributed by atoms with E-state index in [2.05, 4.69) is 15.9 Å². The van der Waals surface area contributed by atoms with Gasteiger partial charge in [-0.15, -0.1) is 0 Å². The van der Waals surface area contributed by atoms with Crippen LogP contribution in [0.25, 0.3) is 0 Å². The number of thioether (sulfide) groups is 1. The van der Waals surface area contributed by atoms with Crippen molar-refractivity contribution in [3.05, 3.63) is 33.5 Å². The van der Waals surface area contributed by atoms with Crippen molar-refractivity contribution in [3.8, 4) is 0 Å². The van der Waals surface area contributed by atoms with Crippen LogP contribution in [0.5, 0.6) is 0 Å². The molecule has 1 heterocycles. The van der Waals surface area contributed by atoms with E-state index in [1.807, 2.05) is 11.8 Å². The van der Waals surface area contributed by atoms with E-state index in [1.54, 1.807) is 6.07 Å². The van der Waals surface area contributed by atoms with Crippen LogP contribution in [-0.4, -0.2) is 5.75 Å². The summed E-state index contributed by atoms with van der Waals surface area (Å²) < 4.78 is 14.5. The SMILES string of the molecule is NC1CCSCc2c(Br)ccc(F)c21. The third kappa shape index (κ3) is 1.83. The van der Waals surface area contributed by atoms with Gasteiger partial charge in [-0.1, -0.05) is 15.9 Å². The molecule has 14 heavy (non-hydrogen) atoms. The third-order valence-corrected chi connectivity index (χ3v) is 4.20. The number of fused-ring (bicyclic) bond motifs is 1. The minimum absolute atomic E-state index is 0.155. The fraction of sp³-hybridized carbons (Fsp3) is 0.400. The Labute approximate surface area is 95.4 Å². The molecule has 1 unspecified atom stereocenters. The van der Waals surface area contributed by atoms with Crippen LogP contribution >= 0.6 is 27.7 Å². The van der Waals surface area contributed by atoms with Crippen molar-refractivity contribution in [1.29, 1.82) is 0 Å². The molecule has 0 spiro atoms. The lowest BCUT2D eigenvalue weighted by atomic mass is 9.99. The molecule has 0 bridgehead atoms. The molecule has 2 rings (SSSR count). The third-order valence-electron chi connectivity index (χ3n) is 2.44. The Morgan fingerprint density at radius 2 is 2.29 bits per heavy atom. The van der Waals surface area contributed by atoms with Gasteiger partial charge in [0.25, 0.3) is 0 Å². The molecule has 0 amide bonds. The monoisotopic (exact) mass is 275 g/mol. The first-order valence-electron chi connectivity index (χ1n) is 4.50. The Morgan fingerprint density at radius 1 is 1.50 bits per heavy atom. The fourth-order valence-corrected chi connectivity index (χ4v) is 3.44. The lowest BCUT2D eigenvalue weighted by Crippen LogP contribution is -2.13. The Kier molecular flexibility index (Phi) is 3.14. The predicted molar refractivity (Wildman–Crippen MR) is 61.8 cm³/mol. The molecule has 1 aromatic carbocycles. The van der Waals surface area contributed by atoms with Crippen LogP contribution in [0, 0.1) is 5.82 Å². The van der Waals surface area contributed by atoms with Gasteiger partial charge in [0.15, 0.2) is 0 Å². The van der Waals surface area contributed by atoms with E-state index in [9.17, 15) is 4.39 Å². The highest BCUT2D eigenvalue weighted by Crippen LogP contribution is 2.35. The number of halogens is 2. The second-order valence-electron chi connectivity index (χ2n) is 3.37. The van der Waals surface area contributed by atoms with E-state index >= 15 is 0 Å². The second-order valence-corrected chi connectivity index (χ2v) is 5.33. The van der Waals surface area contributed by atoms with Gasteiger partial charge in [-0.25, -0.2) is 4.39 Å². The maximum absolute atomic E-state index is 13.6. The van der Waals surface area contributed by atoms with Gasteiger partial charge in [0, 0.05) is 21.8 Å². The first-order chi connectivity index (χ1) is 6.70. The number of hydrogen-bond acceptors (Lipinski definition) is 2. The summed E-state index contributed by atoms with van der Waals surface area (Å²) in [5.74, 6) is 1.68. The van der Waals surface area contributed by atoms with E-state index in [4.69, 9.17) is 5.73 Å². The summed E-state index contributed by atoms with van der Waals surface area (Å²) in [7, 11) is 0. The van der Waals surface area contributed by atoms with Crippen LogP contribution in [0.3, 0.4) is 0 Å². The molecule has 2 N–H and O–H groups in total. The lowest BCUT2D eigenvalue weighted by Gasteiger charge is -2.14. The van der Waals surface area contributed by atoms with Crippen LogP contribution < -0.4 is 5.73 Å². The molecular formula is C10H11BrFNS. The standard InChI is InChI=1S/C10H11BrFNS/c11-7-1-2-8(12)10-6(7)5-14-4-3-9(10)13/h1-2,9H,3-5,13H2. The van der Waals surface area contributed by atoms with E-state index < -0.39 is 0 Å². The average Bonchev–Trinajstić information content (AvgIpc) is 2.35. The zero-order valence-corrected chi connectivity index (χ0v) is 10.00. The van der Waals surface area contributed by atoms with Gasteiger partial charge in [-0.05, 0) is 29.9 Å². The Morgan fingerprint density at radius 3 is 3.07 bits per heavy atom. The zero-order chi connectivity index (χ0) is 10.1. The summed E-state index contributed by atoms with van der Waals surface area (Å²) in [6.07, 6.45) is 0.852. The first kappa shape index (κ1) is 10.5. The van der Waals surface area contributed by atoms with Gasteiger partial charge in [0.2, 0.25) is 0 Å². The van der Waals surface area contributed by atoms with Crippen molar-refractivity contribution in [3.63, 3.8) is 0 Å². The van der Waals surface area contributed by atoms with Crippen molar-refractivity contribution in [2.45, 2.75) is 18.2 Å². The Hall–Kier alpha value is -0.0600. The number of hydrogen-bond donors (Lipinski definition) is 1. The molecule has 0 radical (unpaired) electrons. The van der Waals surface area contributed by atoms with Gasteiger partial charge in [0.1, 0.15) is 5.82 Å². The van der Waals surface area contributed by atoms with E-state index in [0.29, 0.717) is 5.56 Å². The average molecular weight is 276 g/mol. The molecule has 1 aliphatic heterocycles. The summed E-state index contributed by atoms with van der Waals surface area (Å²) >= 11 is 5.25. The van der Waals surface area contributed by atoms with Crippen molar-refractivity contribution < 1.29 is 4.39 Å². The maximum Gasteiger partial charge on any atom is 0.128 e. The summed E-state index contributed by atoms with van der Waals surface area (Å²) in [6.45, 7) is 0. The highest BCUT2D eigenvalue weighted by molar-refractivity contribution is 9.10. The van der Waals surface area contributed by atoms with E-state index in [1.165, 1.54) is 6.07 Å². The minimum Gasteiger partial charge on any atom is -0.324 e. The molecule has 0 aromatic heterocycles. The number of nitrogens with two attached hydrogens (primary N) is 1. The molecule has 0 saturated carbocycles. The van der Waals surface area contributed by atoms with Crippen LogP contribution in [-0.2, 0) is 5.75 Å². The molecule has 1 atom stereocenters. The summed E-state index contributed by atoms with van der Waals surface area (Å²) in [4.78, 5) is 0. The predicted octanol–water partition coefficient (Wildman–Crippen LogP) is 3.22. The molecular weight excluding hydrogens is 265 g/mol. The van der Waals surface area contributed by atoms with Crippen LogP contribution in [0.2, 0.25) is 0 Å². The minimum atomic E-state index is -0.168. The van der Waals surface area contributed by atoms with E-state index in [0.717, 1.165) is 28.0 Å². The smallest absolute Gasteiger partial charge is 0.128 e. The van der Waals surface area contributed by atoms with Gasteiger partial charge in [0.05, 0.1) is 0 Å². The van der Waals surface area contributed by atoms with Crippen LogP contribution in [0.15, 0.2) is 16.6 Å². The van der Waals surface area contributed by atoms with Crippen LogP contribution in [0.4, 0.5) is 4.39 Å². The Balaban J connectivity index is 2.57. The lowest BCUT2D eigenvalue weighted by molar-refractivity contribution is 0.575. The normalized spacial score (nSPS) is 21.5. The highest BCUT2D eigenvalue weighted by Gasteiger charge is 2.21. The van der Waals surface area contributed by atoms with Crippen molar-refractivity contribution >= 4 is 27.7 Å². The number of rotatable bonds is 0. The van der Waals surface area contributed by atoms with Crippen molar-refractivity contribution in [1.82, 2.24) is 0 Å². The fourth-order valence-electron chi connectivity index (χ4n) is 1.69. The van der Waals surface area contributed by atoms with Crippen LogP contribution in [0.1, 0.15) is 23.6 Å². The molecule has 4 heteroatoms. The quantitative estimate of drug-likeness (QED) is 0.787. The summed E-state index contributed by atoms with van der Waals surface area (Å²) in [5.41, 5.74) is 7.67. The van der Waals surface area contributed by atoms with Gasteiger partial charge < -0.3 is 5.73 Å². The molecule has 76 valence electrons. The van der Waals surface area contributed by atoms with Crippen molar-refractivity contribution in [2.24, 2.45) is 5.73 Å². The Bertz CT molecular complexity index is 356. The second kappa shape index (κ2) is 4.21. The summed E-state index contributed by atoms with van der Waals surface area (Å²) in [5, 5.41) is 0. The van der Waals surface area contributed by atoms with Gasteiger partial charge in [-0.3, -0.25) is 0 Å². The largest absolute Gasteiger partial charge is 0.324 e. The van der Waals surface area contributed by atoms with Gasteiger partial charge in [-0.2, -0.15) is 11.8 Å².